The third kappa shape index (κ3) is 2.92. The van der Waals surface area contributed by atoms with E-state index in [0.29, 0.717) is 12.0 Å². The Kier molecular flexibility index (Phi) is 4.14. The van der Waals surface area contributed by atoms with Gasteiger partial charge in [-0.15, -0.1) is 0 Å². The summed E-state index contributed by atoms with van der Waals surface area (Å²) in [4.78, 5) is 2.49. The van der Waals surface area contributed by atoms with E-state index in [9.17, 15) is 0 Å². The molecule has 1 fully saturated rings. The van der Waals surface area contributed by atoms with Crippen molar-refractivity contribution in [1.82, 2.24) is 10.2 Å². The molecule has 2 aromatic carbocycles. The summed E-state index contributed by atoms with van der Waals surface area (Å²) in [6.07, 6.45) is 0. The van der Waals surface area contributed by atoms with E-state index in [2.05, 4.69) is 77.9 Å². The van der Waals surface area contributed by atoms with Gasteiger partial charge in [0, 0.05) is 31.6 Å². The zero-order chi connectivity index (χ0) is 13.8. The summed E-state index contributed by atoms with van der Waals surface area (Å²) in [6.45, 7) is 3.31. The van der Waals surface area contributed by atoms with Crippen LogP contribution >= 0.6 is 0 Å². The normalized spacial score (nSPS) is 15.6. The van der Waals surface area contributed by atoms with Crippen LogP contribution in [0.1, 0.15) is 17.0 Å². The Morgan fingerprint density at radius 3 is 1.85 bits per heavy atom. The molecular formula is C18H22N2. The monoisotopic (exact) mass is 266 g/mol. The SMILES string of the molecule is CN(CC(c1ccccc1)c1ccccc1)C1CNC1. The summed E-state index contributed by atoms with van der Waals surface area (Å²) >= 11 is 0. The summed E-state index contributed by atoms with van der Waals surface area (Å²) < 4.78 is 0. The minimum Gasteiger partial charge on any atom is -0.314 e. The zero-order valence-corrected chi connectivity index (χ0v) is 12.0. The van der Waals surface area contributed by atoms with Crippen molar-refractivity contribution in [3.63, 3.8) is 0 Å². The summed E-state index contributed by atoms with van der Waals surface area (Å²) in [7, 11) is 2.24. The molecule has 1 N–H and O–H groups in total. The lowest BCUT2D eigenvalue weighted by atomic mass is 9.90. The molecule has 2 aromatic rings. The number of rotatable bonds is 5. The maximum absolute atomic E-state index is 3.35. The van der Waals surface area contributed by atoms with E-state index in [0.717, 1.165) is 19.6 Å². The van der Waals surface area contributed by atoms with Crippen LogP contribution < -0.4 is 5.32 Å². The Bertz CT molecular complexity index is 480. The van der Waals surface area contributed by atoms with E-state index in [1.807, 2.05) is 0 Å². The maximum atomic E-state index is 3.35. The van der Waals surface area contributed by atoms with E-state index in [4.69, 9.17) is 0 Å². The molecule has 0 amide bonds. The average molecular weight is 266 g/mol. The van der Waals surface area contributed by atoms with Crippen molar-refractivity contribution in [2.75, 3.05) is 26.7 Å². The maximum Gasteiger partial charge on any atom is 0.0342 e. The Balaban J connectivity index is 1.83. The van der Waals surface area contributed by atoms with Crippen LogP contribution in [-0.2, 0) is 0 Å². The second kappa shape index (κ2) is 6.21. The van der Waals surface area contributed by atoms with Gasteiger partial charge in [-0.2, -0.15) is 0 Å². The molecule has 20 heavy (non-hydrogen) atoms. The van der Waals surface area contributed by atoms with Gasteiger partial charge in [-0.1, -0.05) is 60.7 Å². The molecule has 1 heterocycles. The van der Waals surface area contributed by atoms with E-state index in [-0.39, 0.29) is 0 Å². The zero-order valence-electron chi connectivity index (χ0n) is 12.0. The molecule has 1 aliphatic heterocycles. The van der Waals surface area contributed by atoms with Gasteiger partial charge in [0.1, 0.15) is 0 Å². The number of nitrogens with one attached hydrogen (secondary N) is 1. The Morgan fingerprint density at radius 1 is 0.950 bits per heavy atom. The first kappa shape index (κ1) is 13.3. The number of nitrogens with zero attached hydrogens (tertiary/aromatic N) is 1. The van der Waals surface area contributed by atoms with Crippen LogP contribution in [0.3, 0.4) is 0 Å². The van der Waals surface area contributed by atoms with Crippen LogP contribution in [-0.4, -0.2) is 37.6 Å². The lowest BCUT2D eigenvalue weighted by molar-refractivity contribution is 0.176. The number of benzene rings is 2. The molecule has 0 saturated carbocycles. The van der Waals surface area contributed by atoms with Crippen LogP contribution in [0.5, 0.6) is 0 Å². The van der Waals surface area contributed by atoms with Crippen molar-refractivity contribution in [1.29, 1.82) is 0 Å². The van der Waals surface area contributed by atoms with Crippen molar-refractivity contribution in [3.8, 4) is 0 Å². The predicted molar refractivity (Wildman–Crippen MR) is 84.0 cm³/mol. The summed E-state index contributed by atoms with van der Waals surface area (Å²) in [5, 5.41) is 3.35. The second-order valence-electron chi connectivity index (χ2n) is 5.63. The van der Waals surface area contributed by atoms with Gasteiger partial charge in [-0.3, -0.25) is 4.90 Å². The quantitative estimate of drug-likeness (QED) is 0.895. The molecule has 1 aliphatic rings. The average Bonchev–Trinajstić information content (AvgIpc) is 2.45. The Labute approximate surface area is 121 Å². The molecule has 2 nitrogen and oxygen atoms in total. The highest BCUT2D eigenvalue weighted by molar-refractivity contribution is 5.32. The van der Waals surface area contributed by atoms with Crippen molar-refractivity contribution >= 4 is 0 Å². The van der Waals surface area contributed by atoms with Gasteiger partial charge in [-0.25, -0.2) is 0 Å². The first-order chi connectivity index (χ1) is 9.84. The smallest absolute Gasteiger partial charge is 0.0342 e. The fourth-order valence-electron chi connectivity index (χ4n) is 2.80. The number of likely N-dealkylation sites (N-methyl/N-ethyl adjacent to an activating group) is 1. The van der Waals surface area contributed by atoms with Gasteiger partial charge in [0.05, 0.1) is 0 Å². The highest BCUT2D eigenvalue weighted by Gasteiger charge is 2.25. The third-order valence-electron chi connectivity index (χ3n) is 4.26. The standard InChI is InChI=1S/C18H22N2/c1-20(17-12-19-13-17)14-18(15-8-4-2-5-9-15)16-10-6-3-7-11-16/h2-11,17-19H,12-14H2,1H3. The molecule has 0 unspecified atom stereocenters. The molecule has 0 atom stereocenters. The Morgan fingerprint density at radius 2 is 1.45 bits per heavy atom. The van der Waals surface area contributed by atoms with Gasteiger partial charge < -0.3 is 5.32 Å². The molecule has 0 aromatic heterocycles. The molecule has 0 bridgehead atoms. The van der Waals surface area contributed by atoms with Gasteiger partial charge >= 0.3 is 0 Å². The summed E-state index contributed by atoms with van der Waals surface area (Å²) in [5.74, 6) is 0.447. The first-order valence-corrected chi connectivity index (χ1v) is 7.35. The largest absolute Gasteiger partial charge is 0.314 e. The van der Waals surface area contributed by atoms with E-state index in [1.165, 1.54) is 11.1 Å². The van der Waals surface area contributed by atoms with Crippen molar-refractivity contribution in [2.24, 2.45) is 0 Å². The van der Waals surface area contributed by atoms with Gasteiger partial charge in [0.15, 0.2) is 0 Å². The van der Waals surface area contributed by atoms with E-state index < -0.39 is 0 Å². The minimum absolute atomic E-state index is 0.447. The van der Waals surface area contributed by atoms with E-state index in [1.54, 1.807) is 0 Å². The fraction of sp³-hybridized carbons (Fsp3) is 0.333. The van der Waals surface area contributed by atoms with Crippen molar-refractivity contribution in [3.05, 3.63) is 71.8 Å². The van der Waals surface area contributed by atoms with Gasteiger partial charge in [0.25, 0.3) is 0 Å². The molecule has 1 saturated heterocycles. The number of hydrogen-bond donors (Lipinski definition) is 1. The van der Waals surface area contributed by atoms with Crippen LogP contribution in [0, 0.1) is 0 Å². The highest BCUT2D eigenvalue weighted by atomic mass is 15.2. The predicted octanol–water partition coefficient (Wildman–Crippen LogP) is 2.72. The van der Waals surface area contributed by atoms with Gasteiger partial charge in [-0.05, 0) is 18.2 Å². The molecule has 3 rings (SSSR count). The van der Waals surface area contributed by atoms with Crippen molar-refractivity contribution in [2.45, 2.75) is 12.0 Å². The Hall–Kier alpha value is -1.64. The van der Waals surface area contributed by atoms with Crippen molar-refractivity contribution < 1.29 is 0 Å². The topological polar surface area (TPSA) is 15.3 Å². The molecular weight excluding hydrogens is 244 g/mol. The van der Waals surface area contributed by atoms with Crippen LogP contribution in [0.2, 0.25) is 0 Å². The lowest BCUT2D eigenvalue weighted by Gasteiger charge is -2.37. The molecule has 0 aliphatic carbocycles. The van der Waals surface area contributed by atoms with Crippen LogP contribution in [0.25, 0.3) is 0 Å². The summed E-state index contributed by atoms with van der Waals surface area (Å²) in [6, 6.07) is 22.4. The third-order valence-corrected chi connectivity index (χ3v) is 4.26. The molecule has 0 spiro atoms. The van der Waals surface area contributed by atoms with E-state index >= 15 is 0 Å². The number of hydrogen-bond acceptors (Lipinski definition) is 2. The van der Waals surface area contributed by atoms with Crippen LogP contribution in [0.4, 0.5) is 0 Å². The van der Waals surface area contributed by atoms with Gasteiger partial charge in [0.2, 0.25) is 0 Å². The minimum atomic E-state index is 0.447. The van der Waals surface area contributed by atoms with Crippen LogP contribution in [0.15, 0.2) is 60.7 Å². The summed E-state index contributed by atoms with van der Waals surface area (Å²) in [5.41, 5.74) is 2.80. The highest BCUT2D eigenvalue weighted by Crippen LogP contribution is 2.26. The first-order valence-electron chi connectivity index (χ1n) is 7.35. The molecule has 0 radical (unpaired) electrons. The molecule has 104 valence electrons. The second-order valence-corrected chi connectivity index (χ2v) is 5.63. The lowest BCUT2D eigenvalue weighted by Crippen LogP contribution is -2.56. The molecule has 2 heteroatoms. The fourth-order valence-corrected chi connectivity index (χ4v) is 2.80.